The monoisotopic (exact) mass is 391 g/mol. The van der Waals surface area contributed by atoms with Crippen LogP contribution in [0.1, 0.15) is 16.7 Å². The Morgan fingerprint density at radius 2 is 1.79 bits per heavy atom. The minimum Gasteiger partial charge on any atom is -0.496 e. The van der Waals surface area contributed by atoms with E-state index in [1.165, 1.54) is 19.3 Å². The van der Waals surface area contributed by atoms with Gasteiger partial charge in [0.1, 0.15) is 5.75 Å². The standard InChI is InChI=1S/C21H23F2NO4/c1-14-4-7-17(26-2)16(12-14)6-9-20(25)24-11-10-15-5-8-18(27-3)19(13-15)28-21(22)23/h4-9,12-13,21H,10-11H2,1-3H3,(H,24,25)/b9-6+. The summed E-state index contributed by atoms with van der Waals surface area (Å²) in [7, 11) is 2.95. The first-order chi connectivity index (χ1) is 13.4. The smallest absolute Gasteiger partial charge is 0.387 e. The molecule has 2 rings (SSSR count). The first-order valence-corrected chi connectivity index (χ1v) is 8.65. The van der Waals surface area contributed by atoms with Gasteiger partial charge in [-0.3, -0.25) is 4.79 Å². The van der Waals surface area contributed by atoms with E-state index in [1.807, 2.05) is 25.1 Å². The van der Waals surface area contributed by atoms with E-state index in [0.717, 1.165) is 16.7 Å². The molecule has 0 aromatic heterocycles. The average molecular weight is 391 g/mol. The third-order valence-electron chi connectivity index (χ3n) is 3.96. The molecule has 0 aliphatic carbocycles. The molecule has 7 heteroatoms. The maximum Gasteiger partial charge on any atom is 0.387 e. The lowest BCUT2D eigenvalue weighted by atomic mass is 10.1. The Morgan fingerprint density at radius 1 is 1.07 bits per heavy atom. The largest absolute Gasteiger partial charge is 0.496 e. The van der Waals surface area contributed by atoms with Gasteiger partial charge in [0.25, 0.3) is 0 Å². The lowest BCUT2D eigenvalue weighted by molar-refractivity contribution is -0.116. The molecule has 1 amide bonds. The highest BCUT2D eigenvalue weighted by molar-refractivity contribution is 5.92. The van der Waals surface area contributed by atoms with Gasteiger partial charge < -0.3 is 19.5 Å². The van der Waals surface area contributed by atoms with Crippen LogP contribution >= 0.6 is 0 Å². The molecule has 0 spiro atoms. The Labute approximate surface area is 162 Å². The summed E-state index contributed by atoms with van der Waals surface area (Å²) >= 11 is 0. The Kier molecular flexibility index (Phi) is 7.80. The quantitative estimate of drug-likeness (QED) is 0.657. The lowest BCUT2D eigenvalue weighted by Crippen LogP contribution is -2.23. The fraction of sp³-hybridized carbons (Fsp3) is 0.286. The fourth-order valence-electron chi connectivity index (χ4n) is 2.60. The Balaban J connectivity index is 1.92. The van der Waals surface area contributed by atoms with Crippen LogP contribution in [0.4, 0.5) is 8.78 Å². The van der Waals surface area contributed by atoms with Gasteiger partial charge in [0.2, 0.25) is 5.91 Å². The van der Waals surface area contributed by atoms with E-state index in [9.17, 15) is 13.6 Å². The molecule has 28 heavy (non-hydrogen) atoms. The van der Waals surface area contributed by atoms with Crippen LogP contribution in [0.15, 0.2) is 42.5 Å². The summed E-state index contributed by atoms with van der Waals surface area (Å²) in [5.74, 6) is 0.608. The molecule has 0 bridgehead atoms. The molecule has 2 aromatic rings. The molecule has 0 heterocycles. The number of hydrogen-bond acceptors (Lipinski definition) is 4. The zero-order valence-electron chi connectivity index (χ0n) is 16.0. The average Bonchev–Trinajstić information content (AvgIpc) is 2.66. The van der Waals surface area contributed by atoms with E-state index in [0.29, 0.717) is 18.7 Å². The van der Waals surface area contributed by atoms with Crippen molar-refractivity contribution in [2.45, 2.75) is 20.0 Å². The minimum absolute atomic E-state index is 0.0345. The van der Waals surface area contributed by atoms with E-state index in [1.54, 1.807) is 25.3 Å². The molecule has 0 radical (unpaired) electrons. The number of nitrogens with one attached hydrogen (secondary N) is 1. The summed E-state index contributed by atoms with van der Waals surface area (Å²) in [5, 5.41) is 2.76. The molecule has 150 valence electrons. The van der Waals surface area contributed by atoms with Gasteiger partial charge in [-0.1, -0.05) is 17.7 Å². The SMILES string of the molecule is COc1ccc(C)cc1/C=C/C(=O)NCCc1ccc(OC)c(OC(F)F)c1. The van der Waals surface area contributed by atoms with Gasteiger partial charge >= 0.3 is 6.61 Å². The normalized spacial score (nSPS) is 10.9. The highest BCUT2D eigenvalue weighted by Gasteiger charge is 2.11. The molecule has 0 fully saturated rings. The number of benzene rings is 2. The number of halogens is 2. The van der Waals surface area contributed by atoms with E-state index in [2.05, 4.69) is 10.1 Å². The molecule has 0 aliphatic heterocycles. The molecule has 0 aliphatic rings. The number of aryl methyl sites for hydroxylation is 1. The van der Waals surface area contributed by atoms with Crippen molar-refractivity contribution in [2.24, 2.45) is 0 Å². The number of alkyl halides is 2. The van der Waals surface area contributed by atoms with E-state index >= 15 is 0 Å². The molecule has 0 saturated carbocycles. The predicted molar refractivity (Wildman–Crippen MR) is 103 cm³/mol. The van der Waals surface area contributed by atoms with Crippen molar-refractivity contribution >= 4 is 12.0 Å². The Hall–Kier alpha value is -3.09. The molecule has 0 unspecified atom stereocenters. The summed E-state index contributed by atoms with van der Waals surface area (Å²) in [5.41, 5.74) is 2.60. The van der Waals surface area contributed by atoms with Gasteiger partial charge in [0.05, 0.1) is 14.2 Å². The van der Waals surface area contributed by atoms with Gasteiger partial charge in [-0.15, -0.1) is 0 Å². The topological polar surface area (TPSA) is 56.8 Å². The number of rotatable bonds is 9. The summed E-state index contributed by atoms with van der Waals surface area (Å²) in [4.78, 5) is 12.0. The highest BCUT2D eigenvalue weighted by Crippen LogP contribution is 2.29. The summed E-state index contributed by atoms with van der Waals surface area (Å²) < 4.78 is 39.7. The van der Waals surface area contributed by atoms with E-state index < -0.39 is 6.61 Å². The van der Waals surface area contributed by atoms with Gasteiger partial charge in [-0.05, 0) is 49.2 Å². The van der Waals surface area contributed by atoms with Gasteiger partial charge in [0.15, 0.2) is 11.5 Å². The van der Waals surface area contributed by atoms with Crippen molar-refractivity contribution in [3.63, 3.8) is 0 Å². The van der Waals surface area contributed by atoms with Crippen molar-refractivity contribution in [1.82, 2.24) is 5.32 Å². The second kappa shape index (κ2) is 10.3. The maximum absolute atomic E-state index is 12.5. The molecular formula is C21H23F2NO4. The molecule has 0 saturated heterocycles. The maximum atomic E-state index is 12.5. The number of ether oxygens (including phenoxy) is 3. The zero-order chi connectivity index (χ0) is 20.5. The molecule has 0 atom stereocenters. The molecule has 2 aromatic carbocycles. The van der Waals surface area contributed by atoms with Crippen LogP contribution in [0.25, 0.3) is 6.08 Å². The third kappa shape index (κ3) is 6.26. The van der Waals surface area contributed by atoms with Crippen LogP contribution < -0.4 is 19.5 Å². The first-order valence-electron chi connectivity index (χ1n) is 8.65. The van der Waals surface area contributed by atoms with Crippen LogP contribution in [-0.4, -0.2) is 33.3 Å². The Morgan fingerprint density at radius 3 is 2.46 bits per heavy atom. The lowest BCUT2D eigenvalue weighted by Gasteiger charge is -2.11. The molecular weight excluding hydrogens is 368 g/mol. The van der Waals surface area contributed by atoms with Crippen LogP contribution in [0, 0.1) is 6.92 Å². The fourth-order valence-corrected chi connectivity index (χ4v) is 2.60. The summed E-state index contributed by atoms with van der Waals surface area (Å²) in [6, 6.07) is 10.5. The van der Waals surface area contributed by atoms with Gasteiger partial charge in [-0.25, -0.2) is 0 Å². The minimum atomic E-state index is -2.94. The van der Waals surface area contributed by atoms with Crippen LogP contribution in [0.5, 0.6) is 17.2 Å². The Bertz CT molecular complexity index is 837. The summed E-state index contributed by atoms with van der Waals surface area (Å²) in [6.07, 6.45) is 3.57. The van der Waals surface area contributed by atoms with Crippen molar-refractivity contribution in [3.05, 3.63) is 59.2 Å². The summed E-state index contributed by atoms with van der Waals surface area (Å²) in [6.45, 7) is -0.639. The number of carbonyl (C=O) groups is 1. The molecule has 5 nitrogen and oxygen atoms in total. The first kappa shape index (κ1) is 21.2. The highest BCUT2D eigenvalue weighted by atomic mass is 19.3. The predicted octanol–water partition coefficient (Wildman–Crippen LogP) is 3.99. The van der Waals surface area contributed by atoms with E-state index in [4.69, 9.17) is 9.47 Å². The number of methoxy groups -OCH3 is 2. The second-order valence-electron chi connectivity index (χ2n) is 5.98. The molecule has 1 N–H and O–H groups in total. The van der Waals surface area contributed by atoms with Crippen LogP contribution in [0.2, 0.25) is 0 Å². The van der Waals surface area contributed by atoms with E-state index in [-0.39, 0.29) is 17.4 Å². The van der Waals surface area contributed by atoms with Crippen molar-refractivity contribution in [2.75, 3.05) is 20.8 Å². The second-order valence-corrected chi connectivity index (χ2v) is 5.98. The van der Waals surface area contributed by atoms with Gasteiger partial charge in [0, 0.05) is 18.2 Å². The van der Waals surface area contributed by atoms with Crippen LogP contribution in [-0.2, 0) is 11.2 Å². The van der Waals surface area contributed by atoms with Gasteiger partial charge in [-0.2, -0.15) is 8.78 Å². The van der Waals surface area contributed by atoms with Crippen molar-refractivity contribution < 1.29 is 27.8 Å². The van der Waals surface area contributed by atoms with Crippen LogP contribution in [0.3, 0.4) is 0 Å². The number of amides is 1. The van der Waals surface area contributed by atoms with Crippen molar-refractivity contribution in [1.29, 1.82) is 0 Å². The zero-order valence-corrected chi connectivity index (χ0v) is 16.0. The van der Waals surface area contributed by atoms with Crippen molar-refractivity contribution in [3.8, 4) is 17.2 Å². The number of hydrogen-bond donors (Lipinski definition) is 1. The number of carbonyl (C=O) groups excluding carboxylic acids is 1. The third-order valence-corrected chi connectivity index (χ3v) is 3.96.